The Kier molecular flexibility index (Phi) is 4.67. The number of aliphatic hydroxyl groups excluding tert-OH is 1. The first-order chi connectivity index (χ1) is 6.59. The van der Waals surface area contributed by atoms with Crippen LogP contribution in [0.3, 0.4) is 0 Å². The van der Waals surface area contributed by atoms with E-state index in [0.717, 1.165) is 18.8 Å². The maximum atomic E-state index is 10.00. The molecule has 1 saturated carbocycles. The molecule has 1 heteroatoms. The summed E-state index contributed by atoms with van der Waals surface area (Å²) in [5.74, 6) is 1.37. The number of allylic oxidation sites excluding steroid dienone is 1. The summed E-state index contributed by atoms with van der Waals surface area (Å²) in [4.78, 5) is 0. The predicted octanol–water partition coefficient (Wildman–Crippen LogP) is 3.53. The Morgan fingerprint density at radius 1 is 1.50 bits per heavy atom. The van der Waals surface area contributed by atoms with Gasteiger partial charge in [-0.15, -0.1) is 6.58 Å². The van der Waals surface area contributed by atoms with Crippen LogP contribution in [0.25, 0.3) is 0 Å². The lowest BCUT2D eigenvalue weighted by atomic mass is 9.78. The van der Waals surface area contributed by atoms with E-state index in [1.54, 1.807) is 0 Å². The van der Waals surface area contributed by atoms with Crippen molar-refractivity contribution < 1.29 is 5.11 Å². The molecule has 82 valence electrons. The van der Waals surface area contributed by atoms with E-state index in [9.17, 15) is 5.11 Å². The first kappa shape index (κ1) is 11.8. The fourth-order valence-electron chi connectivity index (χ4n) is 2.46. The highest BCUT2D eigenvalue weighted by atomic mass is 16.3. The molecule has 0 spiro atoms. The molecule has 0 radical (unpaired) electrons. The van der Waals surface area contributed by atoms with Crippen LogP contribution in [-0.2, 0) is 0 Å². The minimum Gasteiger partial charge on any atom is -0.393 e. The van der Waals surface area contributed by atoms with Gasteiger partial charge in [-0.1, -0.05) is 25.3 Å². The van der Waals surface area contributed by atoms with E-state index >= 15 is 0 Å². The molecule has 0 amide bonds. The average molecular weight is 196 g/mol. The van der Waals surface area contributed by atoms with E-state index in [1.807, 2.05) is 6.92 Å². The number of hydrogen-bond acceptors (Lipinski definition) is 1. The first-order valence-corrected chi connectivity index (χ1v) is 5.92. The summed E-state index contributed by atoms with van der Waals surface area (Å²) in [7, 11) is 0. The summed E-state index contributed by atoms with van der Waals surface area (Å²) in [5.41, 5.74) is 1.19. The SMILES string of the molecule is C=C(C)CCC(O)C1CCCC(C)C1. The standard InChI is InChI=1S/C13H24O/c1-10(2)7-8-13(14)12-6-4-5-11(3)9-12/h11-14H,1,4-9H2,2-3H3. The molecule has 0 saturated heterocycles. The first-order valence-electron chi connectivity index (χ1n) is 5.92. The zero-order chi connectivity index (χ0) is 10.6. The van der Waals surface area contributed by atoms with Crippen molar-refractivity contribution >= 4 is 0 Å². The van der Waals surface area contributed by atoms with Gasteiger partial charge in [-0.2, -0.15) is 0 Å². The maximum absolute atomic E-state index is 10.00. The van der Waals surface area contributed by atoms with E-state index in [2.05, 4.69) is 13.5 Å². The third kappa shape index (κ3) is 3.83. The van der Waals surface area contributed by atoms with Crippen LogP contribution in [0.5, 0.6) is 0 Å². The van der Waals surface area contributed by atoms with Crippen molar-refractivity contribution in [1.82, 2.24) is 0 Å². The lowest BCUT2D eigenvalue weighted by Crippen LogP contribution is -2.25. The molecule has 0 aliphatic heterocycles. The Labute approximate surface area is 88.2 Å². The van der Waals surface area contributed by atoms with E-state index in [-0.39, 0.29) is 6.10 Å². The smallest absolute Gasteiger partial charge is 0.0571 e. The second-order valence-corrected chi connectivity index (χ2v) is 5.09. The topological polar surface area (TPSA) is 20.2 Å². The third-order valence-electron chi connectivity index (χ3n) is 3.39. The fourth-order valence-corrected chi connectivity index (χ4v) is 2.46. The molecule has 0 heterocycles. The average Bonchev–Trinajstić information content (AvgIpc) is 2.14. The van der Waals surface area contributed by atoms with Crippen LogP contribution in [0.1, 0.15) is 52.4 Å². The summed E-state index contributed by atoms with van der Waals surface area (Å²) in [5, 5.41) is 10.00. The zero-order valence-corrected chi connectivity index (χ0v) is 9.63. The summed E-state index contributed by atoms with van der Waals surface area (Å²) >= 11 is 0. The molecule has 1 fully saturated rings. The van der Waals surface area contributed by atoms with Gasteiger partial charge in [-0.05, 0) is 44.4 Å². The van der Waals surface area contributed by atoms with E-state index in [4.69, 9.17) is 0 Å². The fraction of sp³-hybridized carbons (Fsp3) is 0.846. The van der Waals surface area contributed by atoms with Gasteiger partial charge in [0.25, 0.3) is 0 Å². The third-order valence-corrected chi connectivity index (χ3v) is 3.39. The molecule has 3 atom stereocenters. The maximum Gasteiger partial charge on any atom is 0.0571 e. The Hall–Kier alpha value is -0.300. The van der Waals surface area contributed by atoms with Crippen molar-refractivity contribution in [3.63, 3.8) is 0 Å². The van der Waals surface area contributed by atoms with Crippen molar-refractivity contribution in [2.45, 2.75) is 58.5 Å². The van der Waals surface area contributed by atoms with Gasteiger partial charge in [0.1, 0.15) is 0 Å². The molecule has 1 aliphatic carbocycles. The van der Waals surface area contributed by atoms with Crippen LogP contribution in [-0.4, -0.2) is 11.2 Å². The van der Waals surface area contributed by atoms with Gasteiger partial charge in [0, 0.05) is 0 Å². The van der Waals surface area contributed by atoms with Crippen LogP contribution >= 0.6 is 0 Å². The molecule has 1 N–H and O–H groups in total. The largest absolute Gasteiger partial charge is 0.393 e. The van der Waals surface area contributed by atoms with Crippen molar-refractivity contribution in [2.24, 2.45) is 11.8 Å². The Morgan fingerprint density at radius 3 is 2.79 bits per heavy atom. The quantitative estimate of drug-likeness (QED) is 0.682. The van der Waals surface area contributed by atoms with E-state index in [0.29, 0.717) is 5.92 Å². The van der Waals surface area contributed by atoms with Gasteiger partial charge < -0.3 is 5.11 Å². The Morgan fingerprint density at radius 2 is 2.21 bits per heavy atom. The molecule has 0 bridgehead atoms. The summed E-state index contributed by atoms with van der Waals surface area (Å²) in [6.07, 6.45) is 6.90. The van der Waals surface area contributed by atoms with Gasteiger partial charge in [0.2, 0.25) is 0 Å². The highest BCUT2D eigenvalue weighted by Crippen LogP contribution is 2.32. The number of aliphatic hydroxyl groups is 1. The lowest BCUT2D eigenvalue weighted by molar-refractivity contribution is 0.0651. The van der Waals surface area contributed by atoms with Crippen LogP contribution in [0, 0.1) is 11.8 Å². The highest BCUT2D eigenvalue weighted by molar-refractivity contribution is 4.89. The molecular formula is C13H24O. The van der Waals surface area contributed by atoms with E-state index < -0.39 is 0 Å². The van der Waals surface area contributed by atoms with Crippen molar-refractivity contribution in [3.8, 4) is 0 Å². The molecule has 1 nitrogen and oxygen atoms in total. The molecule has 0 aromatic heterocycles. The van der Waals surface area contributed by atoms with Gasteiger partial charge in [0.15, 0.2) is 0 Å². The van der Waals surface area contributed by atoms with Gasteiger partial charge in [-0.25, -0.2) is 0 Å². The Balaban J connectivity index is 2.28. The minimum atomic E-state index is -0.0885. The highest BCUT2D eigenvalue weighted by Gasteiger charge is 2.24. The minimum absolute atomic E-state index is 0.0885. The molecule has 3 unspecified atom stereocenters. The van der Waals surface area contributed by atoms with Crippen molar-refractivity contribution in [1.29, 1.82) is 0 Å². The number of rotatable bonds is 4. The summed E-state index contributed by atoms with van der Waals surface area (Å²) in [6.45, 7) is 8.22. The molecule has 0 aromatic carbocycles. The second kappa shape index (κ2) is 5.55. The second-order valence-electron chi connectivity index (χ2n) is 5.09. The van der Waals surface area contributed by atoms with Crippen LogP contribution in [0.2, 0.25) is 0 Å². The van der Waals surface area contributed by atoms with Crippen LogP contribution in [0.4, 0.5) is 0 Å². The van der Waals surface area contributed by atoms with Gasteiger partial charge >= 0.3 is 0 Å². The normalized spacial score (nSPS) is 29.9. The predicted molar refractivity (Wildman–Crippen MR) is 61.2 cm³/mol. The zero-order valence-electron chi connectivity index (χ0n) is 9.63. The van der Waals surface area contributed by atoms with Crippen LogP contribution in [0.15, 0.2) is 12.2 Å². The number of hydrogen-bond donors (Lipinski definition) is 1. The summed E-state index contributed by atoms with van der Waals surface area (Å²) in [6, 6.07) is 0. The monoisotopic (exact) mass is 196 g/mol. The summed E-state index contributed by atoms with van der Waals surface area (Å²) < 4.78 is 0. The van der Waals surface area contributed by atoms with Crippen LogP contribution < -0.4 is 0 Å². The molecule has 0 aromatic rings. The molecule has 1 rings (SSSR count). The van der Waals surface area contributed by atoms with Gasteiger partial charge in [-0.3, -0.25) is 0 Å². The van der Waals surface area contributed by atoms with Crippen molar-refractivity contribution in [2.75, 3.05) is 0 Å². The molecule has 14 heavy (non-hydrogen) atoms. The van der Waals surface area contributed by atoms with Crippen molar-refractivity contribution in [3.05, 3.63) is 12.2 Å². The van der Waals surface area contributed by atoms with E-state index in [1.165, 1.54) is 31.3 Å². The Bertz CT molecular complexity index is 186. The molecule has 1 aliphatic rings. The lowest BCUT2D eigenvalue weighted by Gasteiger charge is -2.30. The van der Waals surface area contributed by atoms with Gasteiger partial charge in [0.05, 0.1) is 6.10 Å². The molecular weight excluding hydrogens is 172 g/mol.